The normalized spacial score (nSPS) is 36.5. The van der Waals surface area contributed by atoms with E-state index in [2.05, 4.69) is 26.0 Å². The van der Waals surface area contributed by atoms with Crippen LogP contribution in [-0.4, -0.2) is 39.0 Å². The molecule has 2 saturated heterocycles. The van der Waals surface area contributed by atoms with E-state index in [1.807, 2.05) is 0 Å². The zero-order valence-corrected chi connectivity index (χ0v) is 18.9. The van der Waals surface area contributed by atoms with Crippen molar-refractivity contribution in [3.8, 4) is 0 Å². The lowest BCUT2D eigenvalue weighted by atomic mass is 9.79. The fraction of sp³-hybridized carbons (Fsp3) is 0.920. The first-order chi connectivity index (χ1) is 14.3. The van der Waals surface area contributed by atoms with Crippen molar-refractivity contribution >= 4 is 0 Å². The van der Waals surface area contributed by atoms with Gasteiger partial charge in [0.1, 0.15) is 0 Å². The fourth-order valence-corrected chi connectivity index (χ4v) is 4.97. The third-order valence-electron chi connectivity index (χ3n) is 6.93. The molecule has 4 nitrogen and oxygen atoms in total. The summed E-state index contributed by atoms with van der Waals surface area (Å²) in [5.41, 5.74) is 0. The molecule has 2 aliphatic heterocycles. The summed E-state index contributed by atoms with van der Waals surface area (Å²) in [5.74, 6) is 2.44. The molecule has 1 saturated carbocycles. The minimum atomic E-state index is -0.0537. The molecule has 0 aromatic heterocycles. The predicted octanol–water partition coefficient (Wildman–Crippen LogP) is 6.10. The van der Waals surface area contributed by atoms with E-state index in [1.54, 1.807) is 0 Å². The number of rotatable bonds is 10. The second kappa shape index (κ2) is 13.1. The maximum Gasteiger partial charge on any atom is 0.160 e. The van der Waals surface area contributed by atoms with E-state index < -0.39 is 0 Å². The van der Waals surface area contributed by atoms with Crippen molar-refractivity contribution in [2.75, 3.05) is 26.4 Å². The number of allylic oxidation sites excluding steroid dienone is 1. The molecule has 168 valence electrons. The molecule has 0 aromatic carbocycles. The molecule has 3 aliphatic rings. The fourth-order valence-electron chi connectivity index (χ4n) is 4.97. The first-order valence-electron chi connectivity index (χ1n) is 12.4. The summed E-state index contributed by atoms with van der Waals surface area (Å²) < 4.78 is 24.1. The van der Waals surface area contributed by atoms with Crippen LogP contribution in [0.25, 0.3) is 0 Å². The standard InChI is InChI=1S/C25H44O4/c1-3-5-7-9-20-10-13-23(14-11-20)25-28-18-22(19-29-25)12-15-24-26-16-21(17-27-24)8-6-4-2/h6,8,20-25H,3-5,7,9-19H2,1-2H3/b8-6+. The lowest BCUT2D eigenvalue weighted by Gasteiger charge is -2.38. The number of hydrogen-bond donors (Lipinski definition) is 0. The average Bonchev–Trinajstić information content (AvgIpc) is 2.78. The Morgan fingerprint density at radius 1 is 0.724 bits per heavy atom. The number of hydrogen-bond acceptors (Lipinski definition) is 4. The molecule has 0 amide bonds. The van der Waals surface area contributed by atoms with Crippen molar-refractivity contribution in [3.05, 3.63) is 12.2 Å². The van der Waals surface area contributed by atoms with Gasteiger partial charge in [0.2, 0.25) is 0 Å². The van der Waals surface area contributed by atoms with Gasteiger partial charge in [0.05, 0.1) is 26.4 Å². The summed E-state index contributed by atoms with van der Waals surface area (Å²) in [5, 5.41) is 0. The van der Waals surface area contributed by atoms with Crippen LogP contribution in [0.15, 0.2) is 12.2 Å². The van der Waals surface area contributed by atoms with Crippen molar-refractivity contribution in [2.45, 2.75) is 97.1 Å². The number of unbranched alkanes of at least 4 members (excludes halogenated alkanes) is 2. The van der Waals surface area contributed by atoms with E-state index in [9.17, 15) is 0 Å². The van der Waals surface area contributed by atoms with Gasteiger partial charge >= 0.3 is 0 Å². The molecule has 29 heavy (non-hydrogen) atoms. The summed E-state index contributed by atoms with van der Waals surface area (Å²) >= 11 is 0. The van der Waals surface area contributed by atoms with E-state index >= 15 is 0 Å². The highest BCUT2D eigenvalue weighted by Crippen LogP contribution is 2.36. The summed E-state index contributed by atoms with van der Waals surface area (Å²) in [4.78, 5) is 0. The lowest BCUT2D eigenvalue weighted by Crippen LogP contribution is -2.39. The van der Waals surface area contributed by atoms with E-state index in [1.165, 1.54) is 51.4 Å². The summed E-state index contributed by atoms with van der Waals surface area (Å²) in [6, 6.07) is 0. The Labute approximate surface area is 178 Å². The lowest BCUT2D eigenvalue weighted by molar-refractivity contribution is -0.235. The van der Waals surface area contributed by atoms with Gasteiger partial charge in [0, 0.05) is 17.8 Å². The molecule has 1 aliphatic carbocycles. The largest absolute Gasteiger partial charge is 0.352 e. The van der Waals surface area contributed by atoms with Crippen LogP contribution in [0.1, 0.15) is 84.5 Å². The Hall–Kier alpha value is -0.420. The van der Waals surface area contributed by atoms with Crippen molar-refractivity contribution in [1.82, 2.24) is 0 Å². The van der Waals surface area contributed by atoms with Crippen molar-refractivity contribution in [1.29, 1.82) is 0 Å². The van der Waals surface area contributed by atoms with Gasteiger partial charge in [-0.15, -0.1) is 0 Å². The van der Waals surface area contributed by atoms with Crippen molar-refractivity contribution in [2.24, 2.45) is 23.7 Å². The molecule has 0 spiro atoms. The Bertz CT molecular complexity index is 442. The molecule has 4 heteroatoms. The molecular weight excluding hydrogens is 364 g/mol. The van der Waals surface area contributed by atoms with Crippen LogP contribution in [0.3, 0.4) is 0 Å². The monoisotopic (exact) mass is 408 g/mol. The first-order valence-corrected chi connectivity index (χ1v) is 12.4. The minimum absolute atomic E-state index is 0.0381. The highest BCUT2D eigenvalue weighted by atomic mass is 16.7. The molecule has 0 bridgehead atoms. The van der Waals surface area contributed by atoms with Crippen LogP contribution in [0.5, 0.6) is 0 Å². The third kappa shape index (κ3) is 7.97. The van der Waals surface area contributed by atoms with Crippen molar-refractivity contribution in [3.63, 3.8) is 0 Å². The third-order valence-corrected chi connectivity index (χ3v) is 6.93. The van der Waals surface area contributed by atoms with E-state index in [4.69, 9.17) is 18.9 Å². The Morgan fingerprint density at radius 3 is 2.10 bits per heavy atom. The van der Waals surface area contributed by atoms with E-state index in [-0.39, 0.29) is 12.6 Å². The maximum atomic E-state index is 6.15. The van der Waals surface area contributed by atoms with Gasteiger partial charge in [-0.3, -0.25) is 0 Å². The topological polar surface area (TPSA) is 36.9 Å². The maximum absolute atomic E-state index is 6.15. The Balaban J connectivity index is 1.25. The smallest absolute Gasteiger partial charge is 0.160 e. The average molecular weight is 409 g/mol. The number of ether oxygens (including phenoxy) is 4. The van der Waals surface area contributed by atoms with Gasteiger partial charge in [-0.2, -0.15) is 0 Å². The van der Waals surface area contributed by atoms with Crippen LogP contribution in [-0.2, 0) is 18.9 Å². The zero-order valence-electron chi connectivity index (χ0n) is 18.9. The van der Waals surface area contributed by atoms with Crippen LogP contribution in [0.2, 0.25) is 0 Å². The van der Waals surface area contributed by atoms with Gasteiger partial charge in [0.15, 0.2) is 12.6 Å². The molecule has 0 aromatic rings. The highest BCUT2D eigenvalue weighted by molar-refractivity contribution is 4.88. The SMILES string of the molecule is CC/C=C/C1COC(CCC2COC(C3CCC(CCCCC)CC3)OC2)OC1. The molecule has 3 fully saturated rings. The molecule has 0 unspecified atom stereocenters. The molecule has 3 rings (SSSR count). The summed E-state index contributed by atoms with van der Waals surface area (Å²) in [6.07, 6.45) is 18.3. The van der Waals surface area contributed by atoms with Crippen LogP contribution in [0, 0.1) is 23.7 Å². The predicted molar refractivity (Wildman–Crippen MR) is 117 cm³/mol. The van der Waals surface area contributed by atoms with E-state index in [0.717, 1.165) is 51.6 Å². The highest BCUT2D eigenvalue weighted by Gasteiger charge is 2.32. The quantitative estimate of drug-likeness (QED) is 0.323. The Kier molecular flexibility index (Phi) is 10.5. The molecule has 2 heterocycles. The van der Waals surface area contributed by atoms with Crippen LogP contribution < -0.4 is 0 Å². The molecule has 0 N–H and O–H groups in total. The summed E-state index contributed by atoms with van der Waals surface area (Å²) in [6.45, 7) is 7.66. The van der Waals surface area contributed by atoms with Gasteiger partial charge in [-0.25, -0.2) is 0 Å². The molecule has 0 radical (unpaired) electrons. The van der Waals surface area contributed by atoms with Gasteiger partial charge in [0.25, 0.3) is 0 Å². The Morgan fingerprint density at radius 2 is 1.45 bits per heavy atom. The van der Waals surface area contributed by atoms with Gasteiger partial charge in [-0.1, -0.05) is 51.7 Å². The molecular formula is C25H44O4. The second-order valence-electron chi connectivity index (χ2n) is 9.45. The summed E-state index contributed by atoms with van der Waals surface area (Å²) in [7, 11) is 0. The van der Waals surface area contributed by atoms with Crippen molar-refractivity contribution < 1.29 is 18.9 Å². The van der Waals surface area contributed by atoms with Crippen LogP contribution >= 0.6 is 0 Å². The minimum Gasteiger partial charge on any atom is -0.352 e. The van der Waals surface area contributed by atoms with E-state index in [0.29, 0.717) is 17.8 Å². The zero-order chi connectivity index (χ0) is 20.3. The molecule has 0 atom stereocenters. The van der Waals surface area contributed by atoms with Gasteiger partial charge < -0.3 is 18.9 Å². The second-order valence-corrected chi connectivity index (χ2v) is 9.45. The van der Waals surface area contributed by atoms with Gasteiger partial charge in [-0.05, 0) is 50.9 Å². The first kappa shape index (κ1) is 23.2. The van der Waals surface area contributed by atoms with Crippen LogP contribution in [0.4, 0.5) is 0 Å².